The molecule has 0 aromatic carbocycles. The summed E-state index contributed by atoms with van der Waals surface area (Å²) in [7, 11) is 0. The fraction of sp³-hybridized carbons (Fsp3) is 0.722. The first-order valence-electron chi connectivity index (χ1n) is 9.06. The lowest BCUT2D eigenvalue weighted by Crippen LogP contribution is -2.48. The molecule has 1 saturated heterocycles. The van der Waals surface area contributed by atoms with Crippen LogP contribution in [0.5, 0.6) is 0 Å². The van der Waals surface area contributed by atoms with Gasteiger partial charge in [0, 0.05) is 11.9 Å². The Hall–Kier alpha value is -1.49. The quantitative estimate of drug-likeness (QED) is 0.875. The van der Waals surface area contributed by atoms with Crippen molar-refractivity contribution in [1.82, 2.24) is 20.2 Å². The molecule has 1 amide bonds. The van der Waals surface area contributed by atoms with Crippen LogP contribution >= 0.6 is 0 Å². The zero-order valence-electron chi connectivity index (χ0n) is 13.9. The van der Waals surface area contributed by atoms with Crippen LogP contribution in [0.2, 0.25) is 0 Å². The Labute approximate surface area is 137 Å². The molecule has 0 spiro atoms. The molecule has 23 heavy (non-hydrogen) atoms. The first-order valence-corrected chi connectivity index (χ1v) is 9.06. The molecule has 3 fully saturated rings. The van der Waals surface area contributed by atoms with Crippen LogP contribution in [-0.2, 0) is 4.79 Å². The summed E-state index contributed by atoms with van der Waals surface area (Å²) >= 11 is 0. The zero-order valence-corrected chi connectivity index (χ0v) is 13.9. The van der Waals surface area contributed by atoms with Crippen LogP contribution in [-0.4, -0.2) is 39.9 Å². The standard InChI is InChI=1S/C18H26N4O/c1-12-8-9-19-17(20-12)15(13-4-5-13)21-18(23)16(14-6-7-14)22-10-2-3-11-22/h8-9,13-16H,2-7,10-11H2,1H3,(H,21,23). The van der Waals surface area contributed by atoms with Gasteiger partial charge < -0.3 is 5.32 Å². The van der Waals surface area contributed by atoms with Crippen LogP contribution in [0.15, 0.2) is 12.3 Å². The average molecular weight is 314 g/mol. The molecule has 0 radical (unpaired) electrons. The molecule has 5 nitrogen and oxygen atoms in total. The minimum atomic E-state index is -0.00810. The van der Waals surface area contributed by atoms with E-state index in [4.69, 9.17) is 0 Å². The van der Waals surface area contributed by atoms with E-state index >= 15 is 0 Å². The number of nitrogens with one attached hydrogen (secondary N) is 1. The number of likely N-dealkylation sites (tertiary alicyclic amines) is 1. The van der Waals surface area contributed by atoms with E-state index in [0.717, 1.165) is 24.6 Å². The third-order valence-electron chi connectivity index (χ3n) is 5.35. The van der Waals surface area contributed by atoms with Gasteiger partial charge in [0.1, 0.15) is 0 Å². The Morgan fingerprint density at radius 2 is 1.91 bits per heavy atom. The fourth-order valence-corrected chi connectivity index (χ4v) is 3.79. The van der Waals surface area contributed by atoms with Gasteiger partial charge in [-0.05, 0) is 76.4 Å². The monoisotopic (exact) mass is 314 g/mol. The predicted octanol–water partition coefficient (Wildman–Crippen LogP) is 2.23. The fourth-order valence-electron chi connectivity index (χ4n) is 3.79. The van der Waals surface area contributed by atoms with E-state index in [1.807, 2.05) is 13.0 Å². The molecule has 4 rings (SSSR count). The van der Waals surface area contributed by atoms with Crippen molar-refractivity contribution in [2.75, 3.05) is 13.1 Å². The number of rotatable bonds is 6. The number of aryl methyl sites for hydroxylation is 1. The van der Waals surface area contributed by atoms with E-state index in [-0.39, 0.29) is 18.0 Å². The third-order valence-corrected chi connectivity index (χ3v) is 5.35. The van der Waals surface area contributed by atoms with Crippen LogP contribution in [0.1, 0.15) is 56.1 Å². The van der Waals surface area contributed by atoms with Gasteiger partial charge in [-0.15, -0.1) is 0 Å². The number of aromatic nitrogens is 2. The minimum Gasteiger partial charge on any atom is -0.344 e. The molecule has 1 N–H and O–H groups in total. The Morgan fingerprint density at radius 1 is 1.22 bits per heavy atom. The second-order valence-electron chi connectivity index (χ2n) is 7.41. The van der Waals surface area contributed by atoms with Crippen molar-refractivity contribution in [3.05, 3.63) is 23.8 Å². The second-order valence-corrected chi connectivity index (χ2v) is 7.41. The van der Waals surface area contributed by atoms with Crippen LogP contribution in [0.25, 0.3) is 0 Å². The topological polar surface area (TPSA) is 58.1 Å². The molecular formula is C18H26N4O. The van der Waals surface area contributed by atoms with Gasteiger partial charge in [-0.2, -0.15) is 0 Å². The zero-order chi connectivity index (χ0) is 15.8. The molecule has 5 heteroatoms. The van der Waals surface area contributed by atoms with E-state index < -0.39 is 0 Å². The highest BCUT2D eigenvalue weighted by Gasteiger charge is 2.43. The lowest BCUT2D eigenvalue weighted by molar-refractivity contribution is -0.127. The molecular weight excluding hydrogens is 288 g/mol. The Balaban J connectivity index is 1.50. The van der Waals surface area contributed by atoms with Crippen LogP contribution in [0.3, 0.4) is 0 Å². The Kier molecular flexibility index (Phi) is 4.05. The lowest BCUT2D eigenvalue weighted by atomic mass is 10.1. The van der Waals surface area contributed by atoms with Crippen molar-refractivity contribution in [1.29, 1.82) is 0 Å². The summed E-state index contributed by atoms with van der Waals surface area (Å²) in [6, 6.07) is 1.97. The summed E-state index contributed by atoms with van der Waals surface area (Å²) in [6.07, 6.45) is 8.98. The summed E-state index contributed by atoms with van der Waals surface area (Å²) in [5.41, 5.74) is 0.966. The van der Waals surface area contributed by atoms with Gasteiger partial charge in [0.15, 0.2) is 5.82 Å². The van der Waals surface area contributed by atoms with Gasteiger partial charge in [-0.1, -0.05) is 0 Å². The SMILES string of the molecule is Cc1ccnc(C(NC(=O)C(C2CC2)N2CCCC2)C2CC2)n1. The van der Waals surface area contributed by atoms with Gasteiger partial charge in [-0.25, -0.2) is 9.97 Å². The average Bonchev–Trinajstić information content (AvgIpc) is 3.45. The minimum absolute atomic E-state index is 0.00810. The van der Waals surface area contributed by atoms with Crippen molar-refractivity contribution >= 4 is 5.91 Å². The first kappa shape index (κ1) is 15.1. The highest BCUT2D eigenvalue weighted by molar-refractivity contribution is 5.83. The van der Waals surface area contributed by atoms with Gasteiger partial charge in [-0.3, -0.25) is 9.69 Å². The summed E-state index contributed by atoms with van der Waals surface area (Å²) < 4.78 is 0. The van der Waals surface area contributed by atoms with Crippen molar-refractivity contribution in [2.24, 2.45) is 11.8 Å². The maximum absolute atomic E-state index is 13.0. The van der Waals surface area contributed by atoms with Crippen LogP contribution < -0.4 is 5.32 Å². The first-order chi connectivity index (χ1) is 11.2. The molecule has 2 unspecified atom stereocenters. The van der Waals surface area contributed by atoms with E-state index in [0.29, 0.717) is 11.8 Å². The molecule has 2 atom stereocenters. The van der Waals surface area contributed by atoms with E-state index in [1.54, 1.807) is 6.20 Å². The van der Waals surface area contributed by atoms with E-state index in [2.05, 4.69) is 20.2 Å². The number of nitrogens with zero attached hydrogens (tertiary/aromatic N) is 3. The van der Waals surface area contributed by atoms with E-state index in [1.165, 1.54) is 38.5 Å². The van der Waals surface area contributed by atoms with Crippen molar-refractivity contribution in [3.63, 3.8) is 0 Å². The molecule has 1 aliphatic heterocycles. The number of hydrogen-bond donors (Lipinski definition) is 1. The second kappa shape index (κ2) is 6.19. The van der Waals surface area contributed by atoms with Gasteiger partial charge in [0.25, 0.3) is 0 Å². The lowest BCUT2D eigenvalue weighted by Gasteiger charge is -2.28. The smallest absolute Gasteiger partial charge is 0.238 e. The molecule has 1 aromatic heterocycles. The highest BCUT2D eigenvalue weighted by atomic mass is 16.2. The van der Waals surface area contributed by atoms with Crippen LogP contribution in [0, 0.1) is 18.8 Å². The van der Waals surface area contributed by atoms with Crippen molar-refractivity contribution < 1.29 is 4.79 Å². The van der Waals surface area contributed by atoms with Gasteiger partial charge in [0.2, 0.25) is 5.91 Å². The summed E-state index contributed by atoms with van der Waals surface area (Å²) in [5.74, 6) is 2.07. The maximum Gasteiger partial charge on any atom is 0.238 e. The molecule has 3 aliphatic rings. The number of hydrogen-bond acceptors (Lipinski definition) is 4. The molecule has 2 heterocycles. The molecule has 1 aromatic rings. The largest absolute Gasteiger partial charge is 0.344 e. The van der Waals surface area contributed by atoms with E-state index in [9.17, 15) is 4.79 Å². The highest BCUT2D eigenvalue weighted by Crippen LogP contribution is 2.41. The molecule has 124 valence electrons. The van der Waals surface area contributed by atoms with Gasteiger partial charge >= 0.3 is 0 Å². The number of carbonyl (C=O) groups excluding carboxylic acids is 1. The van der Waals surface area contributed by atoms with Gasteiger partial charge in [0.05, 0.1) is 12.1 Å². The molecule has 0 bridgehead atoms. The molecule has 2 saturated carbocycles. The predicted molar refractivity (Wildman–Crippen MR) is 87.7 cm³/mol. The van der Waals surface area contributed by atoms with Crippen LogP contribution in [0.4, 0.5) is 0 Å². The normalized spacial score (nSPS) is 24.4. The molecule has 2 aliphatic carbocycles. The van der Waals surface area contributed by atoms with Crippen molar-refractivity contribution in [3.8, 4) is 0 Å². The summed E-state index contributed by atoms with van der Waals surface area (Å²) in [5, 5.41) is 3.32. The number of carbonyl (C=O) groups is 1. The summed E-state index contributed by atoms with van der Waals surface area (Å²) in [6.45, 7) is 4.13. The Morgan fingerprint density at radius 3 is 2.52 bits per heavy atom. The Bertz CT molecular complexity index is 576. The maximum atomic E-state index is 13.0. The number of amides is 1. The summed E-state index contributed by atoms with van der Waals surface area (Å²) in [4.78, 5) is 24.4. The van der Waals surface area contributed by atoms with Crippen molar-refractivity contribution in [2.45, 2.75) is 57.5 Å². The third kappa shape index (κ3) is 3.39.